The molecule has 0 bridgehead atoms. The van der Waals surface area contributed by atoms with Crippen molar-refractivity contribution in [3.05, 3.63) is 71.8 Å². The van der Waals surface area contributed by atoms with Crippen molar-refractivity contribution in [2.75, 3.05) is 19.7 Å². The maximum absolute atomic E-state index is 14.8. The van der Waals surface area contributed by atoms with E-state index in [0.29, 0.717) is 24.0 Å². The Labute approximate surface area is 476 Å². The Balaban J connectivity index is 0.00000241. The number of aliphatic hydroxyl groups is 1. The first-order valence-corrected chi connectivity index (χ1v) is 26.8. The number of primary amides is 1. The number of aliphatic hydroxyl groups excluding tert-OH is 1. The summed E-state index contributed by atoms with van der Waals surface area (Å²) >= 11 is 0. The number of carboxylic acid groups (broad SMARTS) is 3. The van der Waals surface area contributed by atoms with E-state index in [1.54, 1.807) is 88.4 Å². The van der Waals surface area contributed by atoms with E-state index in [2.05, 4.69) is 31.9 Å². The summed E-state index contributed by atoms with van der Waals surface area (Å²) in [5.74, 6) is -13.1. The zero-order valence-corrected chi connectivity index (χ0v) is 46.4. The number of nitrogens with two attached hydrogens (primary N) is 2. The highest BCUT2D eigenvalue weighted by Crippen LogP contribution is 2.23. The van der Waals surface area contributed by atoms with E-state index < -0.39 is 145 Å². The van der Waals surface area contributed by atoms with Crippen LogP contribution in [0.4, 0.5) is 13.2 Å². The Hall–Kier alpha value is -8.21. The summed E-state index contributed by atoms with van der Waals surface area (Å²) in [5, 5.41) is 52.2. The van der Waals surface area contributed by atoms with Crippen molar-refractivity contribution in [3.63, 3.8) is 0 Å². The van der Waals surface area contributed by atoms with Crippen molar-refractivity contribution >= 4 is 71.1 Å². The zero-order valence-electron chi connectivity index (χ0n) is 46.4. The van der Waals surface area contributed by atoms with E-state index >= 15 is 0 Å². The van der Waals surface area contributed by atoms with E-state index in [1.807, 2.05) is 0 Å². The highest BCUT2D eigenvalue weighted by molar-refractivity contribution is 5.99. The first-order valence-electron chi connectivity index (χ1n) is 26.8. The summed E-state index contributed by atoms with van der Waals surface area (Å²) in [7, 11) is 0. The number of nitrogens with one attached hydrogen (secondary N) is 6. The largest absolute Gasteiger partial charge is 0.490 e. The van der Waals surface area contributed by atoms with Crippen molar-refractivity contribution < 1.29 is 91.1 Å². The number of likely N-dealkylation sites (tertiary alicyclic amines) is 2. The quantitative estimate of drug-likeness (QED) is 0.0476. The highest BCUT2D eigenvalue weighted by Gasteiger charge is 2.43. The van der Waals surface area contributed by atoms with Crippen molar-refractivity contribution in [3.8, 4) is 0 Å². The summed E-state index contributed by atoms with van der Waals surface area (Å²) < 4.78 is 31.7. The minimum absolute atomic E-state index is 0.0170. The second kappa shape index (κ2) is 33.0. The van der Waals surface area contributed by atoms with Gasteiger partial charge in [-0.15, -0.1) is 0 Å². The molecule has 458 valence electrons. The van der Waals surface area contributed by atoms with Crippen LogP contribution >= 0.6 is 0 Å². The van der Waals surface area contributed by atoms with E-state index in [0.717, 1.165) is 0 Å². The van der Waals surface area contributed by atoms with Gasteiger partial charge in [0.25, 0.3) is 0 Å². The van der Waals surface area contributed by atoms with Gasteiger partial charge in [0.05, 0.1) is 19.1 Å². The predicted molar refractivity (Wildman–Crippen MR) is 287 cm³/mol. The van der Waals surface area contributed by atoms with E-state index in [4.69, 9.17) is 21.4 Å². The van der Waals surface area contributed by atoms with Gasteiger partial charge < -0.3 is 73.6 Å². The van der Waals surface area contributed by atoms with Crippen molar-refractivity contribution in [1.29, 1.82) is 0 Å². The van der Waals surface area contributed by atoms with Crippen LogP contribution in [0.25, 0.3) is 0 Å². The van der Waals surface area contributed by atoms with Crippen LogP contribution in [0, 0.1) is 11.8 Å². The Morgan fingerprint density at radius 3 is 1.41 bits per heavy atom. The van der Waals surface area contributed by atoms with E-state index in [1.165, 1.54) is 9.80 Å². The number of carboxylic acids is 3. The fourth-order valence-corrected chi connectivity index (χ4v) is 9.14. The van der Waals surface area contributed by atoms with E-state index in [-0.39, 0.29) is 76.3 Å². The first kappa shape index (κ1) is 69.1. The molecule has 14 N–H and O–H groups in total. The molecular formula is C54H75F3N10O16. The number of aliphatic carboxylic acids is 3. The number of carbonyl (C=O) groups is 12. The Morgan fingerprint density at radius 1 is 0.578 bits per heavy atom. The second-order valence-corrected chi connectivity index (χ2v) is 20.9. The molecule has 0 unspecified atom stereocenters. The molecule has 0 aliphatic carbocycles. The normalized spacial score (nSPS) is 17.4. The summed E-state index contributed by atoms with van der Waals surface area (Å²) in [6, 6.07) is 5.09. The number of hydrogen-bond acceptors (Lipinski definition) is 14. The fraction of sp³-hybridized carbons (Fsp3) is 0.556. The predicted octanol–water partition coefficient (Wildman–Crippen LogP) is -0.767. The third kappa shape index (κ3) is 22.9. The van der Waals surface area contributed by atoms with Crippen LogP contribution in [0.1, 0.15) is 96.6 Å². The van der Waals surface area contributed by atoms with Crippen LogP contribution in [0.15, 0.2) is 60.7 Å². The van der Waals surface area contributed by atoms with Gasteiger partial charge in [0.1, 0.15) is 48.3 Å². The fourth-order valence-electron chi connectivity index (χ4n) is 9.14. The van der Waals surface area contributed by atoms with Crippen LogP contribution in [0.3, 0.4) is 0 Å². The van der Waals surface area contributed by atoms with Crippen LogP contribution in [-0.2, 0) is 70.4 Å². The monoisotopic (exact) mass is 1180 g/mol. The summed E-state index contributed by atoms with van der Waals surface area (Å²) in [4.78, 5) is 158. The van der Waals surface area contributed by atoms with Crippen LogP contribution in [0.2, 0.25) is 0 Å². The van der Waals surface area contributed by atoms with Gasteiger partial charge in [-0.3, -0.25) is 47.9 Å². The van der Waals surface area contributed by atoms with Gasteiger partial charge in [-0.25, -0.2) is 9.59 Å². The van der Waals surface area contributed by atoms with Gasteiger partial charge in [-0.1, -0.05) is 88.4 Å². The summed E-state index contributed by atoms with van der Waals surface area (Å²) in [6.45, 7) is 6.31. The van der Waals surface area contributed by atoms with Crippen molar-refractivity contribution in [1.82, 2.24) is 41.7 Å². The number of carbonyl (C=O) groups excluding carboxylic acids is 9. The number of alkyl halides is 3. The van der Waals surface area contributed by atoms with Gasteiger partial charge in [0.2, 0.25) is 53.2 Å². The highest BCUT2D eigenvalue weighted by atomic mass is 19.4. The molecule has 2 aromatic carbocycles. The molecule has 83 heavy (non-hydrogen) atoms. The Bertz CT molecular complexity index is 2600. The van der Waals surface area contributed by atoms with Gasteiger partial charge >= 0.3 is 24.1 Å². The second-order valence-electron chi connectivity index (χ2n) is 20.9. The molecule has 0 spiro atoms. The Kier molecular flexibility index (Phi) is 27.5. The Morgan fingerprint density at radius 2 is 0.976 bits per heavy atom. The molecule has 26 nitrogen and oxygen atoms in total. The van der Waals surface area contributed by atoms with Crippen LogP contribution in [0.5, 0.6) is 0 Å². The molecule has 9 atom stereocenters. The maximum atomic E-state index is 14.8. The molecule has 0 saturated carbocycles. The smallest absolute Gasteiger partial charge is 0.481 e. The molecule has 9 amide bonds. The molecule has 2 heterocycles. The average Bonchev–Trinajstić information content (AvgIpc) is 4.37. The van der Waals surface area contributed by atoms with Gasteiger partial charge in [0.15, 0.2) is 0 Å². The minimum atomic E-state index is -5.08. The SMILES string of the molecule is CC(C)C[C@H](NC(=O)[C@H](CC(=O)O)NC(=O)[C@H](Cc1ccccc1)NC(=O)[C@@H]1CCCN1C(=O)[C@H](Cc1ccccc1)NC(=O)[C@@H]1CCCN1C(=O)[C@H](CO)NC(=O)[C@H](CC(C)C)NC(=O)[C@@H](N)CCC(N)=O)C(=O)O.O=C(O)C(F)(F)F. The number of halogens is 3. The number of hydrogen-bond donors (Lipinski definition) is 12. The molecule has 2 fully saturated rings. The zero-order chi connectivity index (χ0) is 62.3. The third-order valence-electron chi connectivity index (χ3n) is 13.2. The van der Waals surface area contributed by atoms with Crippen LogP contribution < -0.4 is 43.4 Å². The number of nitrogens with zero attached hydrogens (tertiary/aromatic N) is 2. The lowest BCUT2D eigenvalue weighted by Gasteiger charge is -2.32. The number of benzene rings is 2. The molecule has 29 heteroatoms. The van der Waals surface area contributed by atoms with Crippen molar-refractivity contribution in [2.45, 2.75) is 159 Å². The van der Waals surface area contributed by atoms with Crippen LogP contribution in [-0.4, -0.2) is 182 Å². The van der Waals surface area contributed by atoms with Gasteiger partial charge in [0, 0.05) is 32.4 Å². The van der Waals surface area contributed by atoms with Gasteiger partial charge in [-0.05, 0) is 67.9 Å². The standard InChI is InChI=1S/C52H74N10O14.C2HF3O2/c1-29(2)23-34(55-44(67)33(53)19-20-42(54)64)45(68)60-39(28-63)51(74)62-22-12-18-41(62)49(72)58-37(26-32-15-9-6-10-16-32)50(73)61-21-11-17-40(61)48(71)57-35(25-31-13-7-5-8-14-31)46(69)56-36(27-43(65)66)47(70)59-38(52(75)76)24-30(3)4;3-2(4,5)1(6)7/h5-10,13-16,29-30,33-41,63H,11-12,17-28,53H2,1-4H3,(H2,54,64)(H,55,67)(H,56,69)(H,57,71)(H,58,72)(H,59,70)(H,60,68)(H,65,66)(H,75,76);(H,6,7)/t33-,34-,35-,36-,37-,38-,39-,40-,41-;/m0./s1. The number of rotatable bonds is 29. The molecule has 0 radical (unpaired) electrons. The lowest BCUT2D eigenvalue weighted by molar-refractivity contribution is -0.192. The molecule has 2 aliphatic heterocycles. The molecular weight excluding hydrogens is 1100 g/mol. The third-order valence-corrected chi connectivity index (χ3v) is 13.2. The lowest BCUT2D eigenvalue weighted by atomic mass is 10.0. The molecule has 2 saturated heterocycles. The minimum Gasteiger partial charge on any atom is -0.481 e. The lowest BCUT2D eigenvalue weighted by Crippen LogP contribution is -2.61. The summed E-state index contributed by atoms with van der Waals surface area (Å²) in [5.41, 5.74) is 12.3. The maximum Gasteiger partial charge on any atom is 0.490 e. The van der Waals surface area contributed by atoms with Crippen molar-refractivity contribution in [2.24, 2.45) is 23.3 Å². The van der Waals surface area contributed by atoms with Gasteiger partial charge in [-0.2, -0.15) is 13.2 Å². The first-order chi connectivity index (χ1) is 38.9. The molecule has 0 aromatic heterocycles. The topological polar surface area (TPSA) is 416 Å². The van der Waals surface area contributed by atoms with E-state index in [9.17, 15) is 81.2 Å². The molecule has 2 aliphatic rings. The number of amides is 9. The molecule has 4 rings (SSSR count). The summed E-state index contributed by atoms with van der Waals surface area (Å²) in [6.07, 6.45) is -5.31. The average molecular weight is 1180 g/mol. The molecule has 2 aromatic rings.